The molecule has 0 aliphatic carbocycles. The van der Waals surface area contributed by atoms with E-state index in [0.717, 1.165) is 19.3 Å². The van der Waals surface area contributed by atoms with Gasteiger partial charge < -0.3 is 10.1 Å². The van der Waals surface area contributed by atoms with Crippen molar-refractivity contribution in [2.75, 3.05) is 20.2 Å². The molecule has 1 amide bonds. The number of piperidine rings is 1. The Bertz CT molecular complexity index is 1230. The molecule has 1 aliphatic rings. The normalized spacial score (nSPS) is 16.1. The minimum absolute atomic E-state index is 0.0940. The van der Waals surface area contributed by atoms with Crippen molar-refractivity contribution in [3.63, 3.8) is 0 Å². The first kappa shape index (κ1) is 26.4. The van der Waals surface area contributed by atoms with Crippen LogP contribution in [0, 0.1) is 0 Å². The van der Waals surface area contributed by atoms with E-state index in [1.165, 1.54) is 48.7 Å². The number of hydrogen-bond acceptors (Lipinski definition) is 6. The molecule has 186 valence electrons. The molecular weight excluding hydrogens is 502 g/mol. The number of rotatable bonds is 9. The van der Waals surface area contributed by atoms with E-state index in [-0.39, 0.29) is 21.4 Å². The molecule has 0 saturated carbocycles. The maximum Gasteiger partial charge on any atom is 0.243 e. The standard InChI is InChI=1S/C22H28ClN3O6S2/c1-16(25-33(28,29)19-10-11-21(32-2)20(23)14-19)22(27)24-15-17-6-8-18(9-7-17)34(30,31)26-12-4-3-5-13-26/h6-11,14,16,25H,3-5,12-13,15H2,1-2H3,(H,24,27)/t16-/m0/s1. The van der Waals surface area contributed by atoms with Gasteiger partial charge in [0.1, 0.15) is 5.75 Å². The lowest BCUT2D eigenvalue weighted by Crippen LogP contribution is -2.44. The zero-order valence-electron chi connectivity index (χ0n) is 19.0. The van der Waals surface area contributed by atoms with E-state index in [0.29, 0.717) is 24.4 Å². The lowest BCUT2D eigenvalue weighted by Gasteiger charge is -2.25. The highest BCUT2D eigenvalue weighted by molar-refractivity contribution is 7.89. The highest BCUT2D eigenvalue weighted by atomic mass is 35.5. The van der Waals surface area contributed by atoms with Crippen LogP contribution in [0.25, 0.3) is 0 Å². The summed E-state index contributed by atoms with van der Waals surface area (Å²) in [4.78, 5) is 12.6. The third kappa shape index (κ3) is 6.28. The molecule has 1 atom stereocenters. The van der Waals surface area contributed by atoms with Crippen molar-refractivity contribution in [3.05, 3.63) is 53.1 Å². The van der Waals surface area contributed by atoms with Crippen molar-refractivity contribution >= 4 is 37.6 Å². The van der Waals surface area contributed by atoms with Crippen LogP contribution < -0.4 is 14.8 Å². The Balaban J connectivity index is 1.58. The molecule has 3 rings (SSSR count). The second kappa shape index (κ2) is 11.0. The summed E-state index contributed by atoms with van der Waals surface area (Å²) in [5, 5.41) is 2.78. The number of hydrogen-bond donors (Lipinski definition) is 2. The summed E-state index contributed by atoms with van der Waals surface area (Å²) in [5.41, 5.74) is 0.683. The maximum absolute atomic E-state index is 12.7. The van der Waals surface area contributed by atoms with Crippen LogP contribution >= 0.6 is 11.6 Å². The average Bonchev–Trinajstić information content (AvgIpc) is 2.83. The largest absolute Gasteiger partial charge is 0.495 e. The number of carbonyl (C=O) groups excluding carboxylic acids is 1. The molecule has 0 bridgehead atoms. The van der Waals surface area contributed by atoms with Gasteiger partial charge >= 0.3 is 0 Å². The van der Waals surface area contributed by atoms with Gasteiger partial charge in [0.15, 0.2) is 0 Å². The summed E-state index contributed by atoms with van der Waals surface area (Å²) in [6, 6.07) is 9.25. The predicted molar refractivity (Wildman–Crippen MR) is 129 cm³/mol. The minimum atomic E-state index is -3.99. The van der Waals surface area contributed by atoms with Crippen molar-refractivity contribution in [3.8, 4) is 5.75 Å². The number of halogens is 1. The van der Waals surface area contributed by atoms with Crippen LogP contribution in [0.15, 0.2) is 52.3 Å². The van der Waals surface area contributed by atoms with Crippen LogP contribution in [0.3, 0.4) is 0 Å². The molecule has 0 unspecified atom stereocenters. The zero-order valence-corrected chi connectivity index (χ0v) is 21.3. The van der Waals surface area contributed by atoms with Crippen molar-refractivity contribution in [2.24, 2.45) is 0 Å². The van der Waals surface area contributed by atoms with Gasteiger partial charge in [-0.25, -0.2) is 16.8 Å². The third-order valence-corrected chi connectivity index (χ3v) is 9.25. The fraction of sp³-hybridized carbons (Fsp3) is 0.409. The van der Waals surface area contributed by atoms with E-state index in [4.69, 9.17) is 16.3 Å². The molecule has 1 fully saturated rings. The molecule has 2 N–H and O–H groups in total. The first-order chi connectivity index (χ1) is 16.0. The summed E-state index contributed by atoms with van der Waals surface area (Å²) >= 11 is 6.00. The molecule has 9 nitrogen and oxygen atoms in total. The first-order valence-corrected chi connectivity index (χ1v) is 14.1. The lowest BCUT2D eigenvalue weighted by molar-refractivity contribution is -0.122. The van der Waals surface area contributed by atoms with Gasteiger partial charge in [0, 0.05) is 19.6 Å². The van der Waals surface area contributed by atoms with Gasteiger partial charge in [-0.05, 0) is 55.7 Å². The van der Waals surface area contributed by atoms with Crippen LogP contribution in [0.1, 0.15) is 31.7 Å². The summed E-state index contributed by atoms with van der Waals surface area (Å²) in [6.07, 6.45) is 2.75. The smallest absolute Gasteiger partial charge is 0.243 e. The Hall–Kier alpha value is -2.18. The highest BCUT2D eigenvalue weighted by Crippen LogP contribution is 2.27. The van der Waals surface area contributed by atoms with Crippen LogP contribution in [0.5, 0.6) is 5.75 Å². The number of ether oxygens (including phenoxy) is 1. The Morgan fingerprint density at radius 1 is 1.03 bits per heavy atom. The van der Waals surface area contributed by atoms with Gasteiger partial charge in [-0.1, -0.05) is 30.2 Å². The van der Waals surface area contributed by atoms with Crippen LogP contribution in [-0.2, 0) is 31.4 Å². The fourth-order valence-corrected chi connectivity index (χ4v) is 6.61. The SMILES string of the molecule is COc1ccc(S(=O)(=O)N[C@@H](C)C(=O)NCc2ccc(S(=O)(=O)N3CCCCC3)cc2)cc1Cl. The molecule has 0 aromatic heterocycles. The quantitative estimate of drug-likeness (QED) is 0.514. The van der Waals surface area contributed by atoms with E-state index in [1.54, 1.807) is 12.1 Å². The van der Waals surface area contributed by atoms with Crippen molar-refractivity contribution in [1.82, 2.24) is 14.3 Å². The molecule has 34 heavy (non-hydrogen) atoms. The van der Waals surface area contributed by atoms with Gasteiger partial charge in [0.25, 0.3) is 0 Å². The summed E-state index contributed by atoms with van der Waals surface area (Å²) in [5.74, 6) is -0.200. The number of methoxy groups -OCH3 is 1. The number of nitrogens with zero attached hydrogens (tertiary/aromatic N) is 1. The van der Waals surface area contributed by atoms with Gasteiger partial charge in [-0.15, -0.1) is 0 Å². The molecule has 2 aromatic carbocycles. The number of benzene rings is 2. The Kier molecular flexibility index (Phi) is 8.58. The second-order valence-electron chi connectivity index (χ2n) is 7.97. The van der Waals surface area contributed by atoms with Crippen molar-refractivity contribution in [2.45, 2.75) is 48.6 Å². The molecule has 2 aromatic rings. The topological polar surface area (TPSA) is 122 Å². The summed E-state index contributed by atoms with van der Waals surface area (Å²) < 4.78 is 59.5. The molecule has 0 radical (unpaired) electrons. The predicted octanol–water partition coefficient (Wildman–Crippen LogP) is 2.51. The summed E-state index contributed by atoms with van der Waals surface area (Å²) in [6.45, 7) is 2.59. The summed E-state index contributed by atoms with van der Waals surface area (Å²) in [7, 11) is -6.10. The first-order valence-electron chi connectivity index (χ1n) is 10.8. The lowest BCUT2D eigenvalue weighted by atomic mass is 10.2. The van der Waals surface area contributed by atoms with Crippen LogP contribution in [0.4, 0.5) is 0 Å². The Labute approximate surface area is 205 Å². The van der Waals surface area contributed by atoms with E-state index in [9.17, 15) is 21.6 Å². The van der Waals surface area contributed by atoms with Crippen molar-refractivity contribution < 1.29 is 26.4 Å². The second-order valence-corrected chi connectivity index (χ2v) is 12.0. The van der Waals surface area contributed by atoms with Crippen LogP contribution in [0.2, 0.25) is 5.02 Å². The molecule has 1 saturated heterocycles. The van der Waals surface area contributed by atoms with Gasteiger partial charge in [-0.2, -0.15) is 9.03 Å². The Morgan fingerprint density at radius 3 is 2.24 bits per heavy atom. The molecule has 1 heterocycles. The monoisotopic (exact) mass is 529 g/mol. The van der Waals surface area contributed by atoms with E-state index in [1.807, 2.05) is 0 Å². The third-order valence-electron chi connectivity index (χ3n) is 5.50. The highest BCUT2D eigenvalue weighted by Gasteiger charge is 2.26. The average molecular weight is 530 g/mol. The molecule has 1 aliphatic heterocycles. The number of sulfonamides is 2. The minimum Gasteiger partial charge on any atom is -0.495 e. The van der Waals surface area contributed by atoms with Crippen LogP contribution in [-0.4, -0.2) is 53.3 Å². The number of carbonyl (C=O) groups is 1. The van der Waals surface area contributed by atoms with E-state index < -0.39 is 32.0 Å². The molecule has 12 heteroatoms. The van der Waals surface area contributed by atoms with Gasteiger partial charge in [-0.3, -0.25) is 4.79 Å². The van der Waals surface area contributed by atoms with E-state index in [2.05, 4.69) is 10.0 Å². The number of nitrogens with one attached hydrogen (secondary N) is 2. The van der Waals surface area contributed by atoms with E-state index >= 15 is 0 Å². The zero-order chi connectivity index (χ0) is 24.9. The van der Waals surface area contributed by atoms with Gasteiger partial charge in [0.2, 0.25) is 26.0 Å². The molecular formula is C22H28ClN3O6S2. The van der Waals surface area contributed by atoms with Crippen molar-refractivity contribution in [1.29, 1.82) is 0 Å². The fourth-order valence-electron chi connectivity index (χ4n) is 3.54. The number of amides is 1. The van der Waals surface area contributed by atoms with Gasteiger partial charge in [0.05, 0.1) is 28.0 Å². The Morgan fingerprint density at radius 2 is 1.65 bits per heavy atom. The molecule has 0 spiro atoms. The maximum atomic E-state index is 12.7.